The quantitative estimate of drug-likeness (QED) is 0.846. The highest BCUT2D eigenvalue weighted by molar-refractivity contribution is 5.79. The second kappa shape index (κ2) is 5.38. The van der Waals surface area contributed by atoms with Gasteiger partial charge in [0.1, 0.15) is 12.1 Å². The Morgan fingerprint density at radius 1 is 1.42 bits per heavy atom. The first-order chi connectivity index (χ1) is 9.01. The molecule has 2 N–H and O–H groups in total. The second-order valence-electron chi connectivity index (χ2n) is 5.04. The number of primary amides is 1. The fourth-order valence-electron chi connectivity index (χ4n) is 2.53. The van der Waals surface area contributed by atoms with Crippen LogP contribution in [0.5, 0.6) is 0 Å². The van der Waals surface area contributed by atoms with Gasteiger partial charge in [0.15, 0.2) is 0 Å². The third kappa shape index (κ3) is 2.92. The summed E-state index contributed by atoms with van der Waals surface area (Å²) in [5.74, 6) is -1.00. The Kier molecular flexibility index (Phi) is 3.83. The minimum Gasteiger partial charge on any atom is -0.369 e. The fraction of sp³-hybridized carbons (Fsp3) is 0.429. The van der Waals surface area contributed by atoms with Crippen LogP contribution in [-0.2, 0) is 4.79 Å². The van der Waals surface area contributed by atoms with E-state index < -0.39 is 5.82 Å². The van der Waals surface area contributed by atoms with Crippen molar-refractivity contribution in [2.45, 2.75) is 25.8 Å². The van der Waals surface area contributed by atoms with Gasteiger partial charge in [0, 0.05) is 23.8 Å². The lowest BCUT2D eigenvalue weighted by Crippen LogP contribution is -2.46. The largest absolute Gasteiger partial charge is 0.369 e. The van der Waals surface area contributed by atoms with Gasteiger partial charge in [-0.15, -0.1) is 0 Å². The van der Waals surface area contributed by atoms with Crippen LogP contribution in [0.15, 0.2) is 18.2 Å². The molecular formula is C14H17FN2O2. The van der Waals surface area contributed by atoms with Crippen molar-refractivity contribution in [1.29, 1.82) is 0 Å². The van der Waals surface area contributed by atoms with Gasteiger partial charge in [-0.25, -0.2) is 4.39 Å². The summed E-state index contributed by atoms with van der Waals surface area (Å²) >= 11 is 0. The Labute approximate surface area is 111 Å². The molecule has 0 aromatic heterocycles. The van der Waals surface area contributed by atoms with Crippen LogP contribution in [0.25, 0.3) is 0 Å². The molecule has 1 fully saturated rings. The number of nitrogens with zero attached hydrogens (tertiary/aromatic N) is 1. The number of benzene rings is 1. The number of halogens is 1. The number of anilines is 1. The summed E-state index contributed by atoms with van der Waals surface area (Å²) in [4.78, 5) is 24.0. The van der Waals surface area contributed by atoms with Crippen LogP contribution in [0.4, 0.5) is 10.1 Å². The highest BCUT2D eigenvalue weighted by Gasteiger charge is 2.29. The monoisotopic (exact) mass is 264 g/mol. The maximum Gasteiger partial charge on any atom is 0.222 e. The molecule has 1 saturated heterocycles. The number of hydrogen-bond acceptors (Lipinski definition) is 3. The molecule has 102 valence electrons. The van der Waals surface area contributed by atoms with E-state index in [4.69, 9.17) is 5.73 Å². The van der Waals surface area contributed by atoms with Gasteiger partial charge in [-0.3, -0.25) is 9.59 Å². The maximum atomic E-state index is 13.5. The molecule has 1 aliphatic rings. The number of nitrogens with two attached hydrogens (primary N) is 1. The normalized spacial score (nSPS) is 23.2. The summed E-state index contributed by atoms with van der Waals surface area (Å²) in [6.07, 6.45) is 2.19. The molecule has 0 spiro atoms. The first kappa shape index (κ1) is 13.5. The Bertz CT molecular complexity index is 504. The molecule has 1 aromatic carbocycles. The molecule has 1 amide bonds. The number of aldehydes is 1. The minimum atomic E-state index is -0.451. The molecule has 0 aliphatic carbocycles. The zero-order valence-corrected chi connectivity index (χ0v) is 10.8. The lowest BCUT2D eigenvalue weighted by Gasteiger charge is -2.38. The van der Waals surface area contributed by atoms with Crippen molar-refractivity contribution >= 4 is 17.9 Å². The zero-order chi connectivity index (χ0) is 14.0. The van der Waals surface area contributed by atoms with E-state index in [0.717, 1.165) is 12.8 Å². The standard InChI is InChI=1S/C14H17FN2O2/c1-9-2-3-11(14(16)19)7-17(9)13-5-10(8-18)4-12(15)6-13/h4-6,8-9,11H,2-3,7H2,1H3,(H2,16,19). The lowest BCUT2D eigenvalue weighted by molar-refractivity contribution is -0.122. The molecule has 0 bridgehead atoms. The van der Waals surface area contributed by atoms with Crippen LogP contribution in [0.3, 0.4) is 0 Å². The van der Waals surface area contributed by atoms with E-state index in [1.54, 1.807) is 6.07 Å². The topological polar surface area (TPSA) is 63.4 Å². The Morgan fingerprint density at radius 3 is 2.79 bits per heavy atom. The van der Waals surface area contributed by atoms with E-state index in [9.17, 15) is 14.0 Å². The number of piperidine rings is 1. The summed E-state index contributed by atoms with van der Waals surface area (Å²) in [6.45, 7) is 2.49. The van der Waals surface area contributed by atoms with Gasteiger partial charge >= 0.3 is 0 Å². The smallest absolute Gasteiger partial charge is 0.222 e. The third-order valence-electron chi connectivity index (χ3n) is 3.66. The highest BCUT2D eigenvalue weighted by Crippen LogP contribution is 2.28. The number of rotatable bonds is 3. The first-order valence-electron chi connectivity index (χ1n) is 6.33. The summed E-state index contributed by atoms with van der Waals surface area (Å²) in [5, 5.41) is 0. The molecule has 5 heteroatoms. The Morgan fingerprint density at radius 2 is 2.16 bits per heavy atom. The van der Waals surface area contributed by atoms with Gasteiger partial charge in [0.05, 0.1) is 5.92 Å². The van der Waals surface area contributed by atoms with Gasteiger partial charge in [0.25, 0.3) is 0 Å². The van der Waals surface area contributed by atoms with Crippen molar-refractivity contribution in [3.63, 3.8) is 0 Å². The zero-order valence-electron chi connectivity index (χ0n) is 10.8. The van der Waals surface area contributed by atoms with E-state index in [1.807, 2.05) is 11.8 Å². The molecule has 2 unspecified atom stereocenters. The summed E-state index contributed by atoms with van der Waals surface area (Å²) in [7, 11) is 0. The summed E-state index contributed by atoms with van der Waals surface area (Å²) in [6, 6.07) is 4.40. The number of carbonyl (C=O) groups excluding carboxylic acids is 2. The van der Waals surface area contributed by atoms with Crippen LogP contribution in [0, 0.1) is 11.7 Å². The molecule has 0 radical (unpaired) electrons. The fourth-order valence-corrected chi connectivity index (χ4v) is 2.53. The molecule has 1 heterocycles. The predicted octanol–water partition coefficient (Wildman–Crippen LogP) is 1.73. The molecule has 1 aliphatic heterocycles. The molecule has 4 nitrogen and oxygen atoms in total. The highest BCUT2D eigenvalue weighted by atomic mass is 19.1. The van der Waals surface area contributed by atoms with Crippen molar-refractivity contribution in [3.8, 4) is 0 Å². The van der Waals surface area contributed by atoms with E-state index in [-0.39, 0.29) is 17.9 Å². The Hall–Kier alpha value is -1.91. The SMILES string of the molecule is CC1CCC(C(N)=O)CN1c1cc(F)cc(C=O)c1. The van der Waals surface area contributed by atoms with Gasteiger partial charge in [-0.1, -0.05) is 0 Å². The third-order valence-corrected chi connectivity index (χ3v) is 3.66. The van der Waals surface area contributed by atoms with E-state index in [1.165, 1.54) is 12.1 Å². The Balaban J connectivity index is 2.30. The van der Waals surface area contributed by atoms with Crippen molar-refractivity contribution in [2.24, 2.45) is 11.7 Å². The summed E-state index contributed by atoms with van der Waals surface area (Å²) < 4.78 is 13.5. The number of amides is 1. The van der Waals surface area contributed by atoms with Gasteiger partial charge < -0.3 is 10.6 Å². The molecule has 0 saturated carbocycles. The molecule has 1 aromatic rings. The average molecular weight is 264 g/mol. The predicted molar refractivity (Wildman–Crippen MR) is 70.5 cm³/mol. The first-order valence-corrected chi connectivity index (χ1v) is 6.33. The van der Waals surface area contributed by atoms with E-state index in [0.29, 0.717) is 24.1 Å². The second-order valence-corrected chi connectivity index (χ2v) is 5.04. The van der Waals surface area contributed by atoms with E-state index >= 15 is 0 Å². The van der Waals surface area contributed by atoms with E-state index in [2.05, 4.69) is 0 Å². The van der Waals surface area contributed by atoms with Gasteiger partial charge in [-0.2, -0.15) is 0 Å². The molecule has 19 heavy (non-hydrogen) atoms. The van der Waals surface area contributed by atoms with Crippen molar-refractivity contribution in [2.75, 3.05) is 11.4 Å². The number of hydrogen-bond donors (Lipinski definition) is 1. The molecule has 2 atom stereocenters. The van der Waals surface area contributed by atoms with Crippen molar-refractivity contribution in [3.05, 3.63) is 29.6 Å². The van der Waals surface area contributed by atoms with Crippen LogP contribution in [0.2, 0.25) is 0 Å². The average Bonchev–Trinajstić information content (AvgIpc) is 2.38. The lowest BCUT2D eigenvalue weighted by atomic mass is 9.92. The van der Waals surface area contributed by atoms with Crippen LogP contribution < -0.4 is 10.6 Å². The maximum absolute atomic E-state index is 13.5. The van der Waals surface area contributed by atoms with Gasteiger partial charge in [-0.05, 0) is 38.0 Å². The van der Waals surface area contributed by atoms with Crippen LogP contribution in [0.1, 0.15) is 30.1 Å². The number of carbonyl (C=O) groups is 2. The van der Waals surface area contributed by atoms with Gasteiger partial charge in [0.2, 0.25) is 5.91 Å². The summed E-state index contributed by atoms with van der Waals surface area (Å²) in [5.41, 5.74) is 6.26. The van der Waals surface area contributed by atoms with Crippen molar-refractivity contribution < 1.29 is 14.0 Å². The van der Waals surface area contributed by atoms with Crippen LogP contribution >= 0.6 is 0 Å². The molecule has 2 rings (SSSR count). The van der Waals surface area contributed by atoms with Crippen LogP contribution in [-0.4, -0.2) is 24.8 Å². The van der Waals surface area contributed by atoms with Crippen molar-refractivity contribution in [1.82, 2.24) is 0 Å². The molecular weight excluding hydrogens is 247 g/mol. The minimum absolute atomic E-state index is 0.192.